The molecule has 2 aliphatic rings. The minimum absolute atomic E-state index is 0.0526. The van der Waals surface area contributed by atoms with Gasteiger partial charge in [-0.05, 0) is 25.1 Å². The Morgan fingerprint density at radius 2 is 2.23 bits per heavy atom. The van der Waals surface area contributed by atoms with Gasteiger partial charge in [-0.1, -0.05) is 0 Å². The summed E-state index contributed by atoms with van der Waals surface area (Å²) in [4.78, 5) is 25.8. The van der Waals surface area contributed by atoms with Crippen LogP contribution in [0, 0.1) is 28.6 Å². The van der Waals surface area contributed by atoms with E-state index < -0.39 is 48.9 Å². The van der Waals surface area contributed by atoms with E-state index >= 15 is 0 Å². The average Bonchev–Trinajstić information content (AvgIpc) is 2.70. The summed E-state index contributed by atoms with van der Waals surface area (Å²) in [5, 5.41) is 33.8. The van der Waals surface area contributed by atoms with Crippen LogP contribution in [0.5, 0.6) is 0 Å². The first-order valence-electron chi connectivity index (χ1n) is 9.44. The topological polar surface area (TPSA) is 132 Å². The minimum Gasteiger partial charge on any atom is -0.369 e. The lowest BCUT2D eigenvalue weighted by Gasteiger charge is -2.34. The molecule has 0 spiro atoms. The fourth-order valence-electron chi connectivity index (χ4n) is 3.96. The van der Waals surface area contributed by atoms with E-state index in [-0.39, 0.29) is 6.42 Å². The molecule has 156 valence electrons. The first kappa shape index (κ1) is 21.2. The fourth-order valence-corrected chi connectivity index (χ4v) is 3.96. The van der Waals surface area contributed by atoms with Crippen molar-refractivity contribution in [3.05, 3.63) is 29.3 Å². The molecule has 5 atom stereocenters. The van der Waals surface area contributed by atoms with Gasteiger partial charge in [0.25, 0.3) is 0 Å². The predicted octanol–water partition coefficient (Wildman–Crippen LogP) is 0.865. The second-order valence-electron chi connectivity index (χ2n) is 7.49. The Morgan fingerprint density at radius 1 is 1.50 bits per heavy atom. The SMILES string of the molecule is C[C@H](NC(=O)CN1C(=O)Nc2ccc(C#N)cc2C1O)C1C(F)CC(C#N)C=[N+]1C. The van der Waals surface area contributed by atoms with Crippen molar-refractivity contribution in [2.45, 2.75) is 37.8 Å². The van der Waals surface area contributed by atoms with Gasteiger partial charge in [-0.15, -0.1) is 0 Å². The van der Waals surface area contributed by atoms with Gasteiger partial charge in [0.15, 0.2) is 18.6 Å². The molecular weight excluding hydrogens is 391 g/mol. The van der Waals surface area contributed by atoms with Crippen LogP contribution in [-0.4, -0.2) is 64.6 Å². The number of hydrogen-bond donors (Lipinski definition) is 3. The number of alkyl halides is 1. The third-order valence-corrected chi connectivity index (χ3v) is 5.37. The molecule has 0 saturated heterocycles. The third-order valence-electron chi connectivity index (χ3n) is 5.37. The van der Waals surface area contributed by atoms with Crippen LogP contribution < -0.4 is 10.6 Å². The molecule has 0 radical (unpaired) electrons. The van der Waals surface area contributed by atoms with Crippen LogP contribution in [0.2, 0.25) is 0 Å². The van der Waals surface area contributed by atoms with Gasteiger partial charge in [-0.25, -0.2) is 13.8 Å². The number of carbonyl (C=O) groups is 2. The van der Waals surface area contributed by atoms with E-state index in [0.29, 0.717) is 16.8 Å². The molecule has 2 aliphatic heterocycles. The second kappa shape index (κ2) is 8.47. The molecule has 3 N–H and O–H groups in total. The molecule has 1 aromatic carbocycles. The molecular formula is C20H22FN6O3+. The normalized spacial score (nSPS) is 26.4. The number of fused-ring (bicyclic) bond motifs is 1. The zero-order valence-electron chi connectivity index (χ0n) is 16.5. The Hall–Kier alpha value is -3.50. The number of halogens is 1. The Kier molecular flexibility index (Phi) is 5.99. The molecule has 0 fully saturated rings. The predicted molar refractivity (Wildman–Crippen MR) is 104 cm³/mol. The van der Waals surface area contributed by atoms with Gasteiger partial charge in [0.1, 0.15) is 19.5 Å². The Balaban J connectivity index is 1.69. The summed E-state index contributed by atoms with van der Waals surface area (Å²) in [6, 6.07) is 6.53. The molecule has 1 aromatic rings. The van der Waals surface area contributed by atoms with Gasteiger partial charge in [0.05, 0.1) is 29.4 Å². The molecule has 10 heteroatoms. The summed E-state index contributed by atoms with van der Waals surface area (Å²) >= 11 is 0. The number of anilines is 1. The molecule has 30 heavy (non-hydrogen) atoms. The first-order chi connectivity index (χ1) is 14.2. The van der Waals surface area contributed by atoms with Crippen molar-refractivity contribution in [1.29, 1.82) is 10.5 Å². The number of urea groups is 1. The summed E-state index contributed by atoms with van der Waals surface area (Å²) in [6.07, 6.45) is -1.02. The van der Waals surface area contributed by atoms with Crippen LogP contribution in [0.25, 0.3) is 0 Å². The van der Waals surface area contributed by atoms with Crippen molar-refractivity contribution in [3.8, 4) is 12.1 Å². The smallest absolute Gasteiger partial charge is 0.324 e. The highest BCUT2D eigenvalue weighted by Gasteiger charge is 2.41. The van der Waals surface area contributed by atoms with E-state index in [4.69, 9.17) is 10.5 Å². The maximum Gasteiger partial charge on any atom is 0.324 e. The van der Waals surface area contributed by atoms with Crippen LogP contribution in [-0.2, 0) is 4.79 Å². The monoisotopic (exact) mass is 413 g/mol. The van der Waals surface area contributed by atoms with E-state index in [1.54, 1.807) is 24.8 Å². The van der Waals surface area contributed by atoms with Crippen molar-refractivity contribution in [2.75, 3.05) is 18.9 Å². The molecule has 0 saturated carbocycles. The van der Waals surface area contributed by atoms with E-state index in [0.717, 1.165) is 4.90 Å². The van der Waals surface area contributed by atoms with Crippen LogP contribution in [0.4, 0.5) is 14.9 Å². The van der Waals surface area contributed by atoms with Gasteiger partial charge in [0, 0.05) is 12.0 Å². The van der Waals surface area contributed by atoms with Crippen molar-refractivity contribution >= 4 is 23.8 Å². The van der Waals surface area contributed by atoms with E-state index in [9.17, 15) is 19.1 Å². The number of amides is 3. The number of carbonyl (C=O) groups excluding carboxylic acids is 2. The lowest BCUT2D eigenvalue weighted by atomic mass is 9.92. The van der Waals surface area contributed by atoms with Crippen LogP contribution in [0.1, 0.15) is 30.7 Å². The number of nitrogens with zero attached hydrogens (tertiary/aromatic N) is 4. The lowest BCUT2D eigenvalue weighted by Crippen LogP contribution is -2.55. The maximum atomic E-state index is 14.6. The number of likely N-dealkylation sites (N-methyl/N-ethyl adjacent to an activating group) is 1. The number of hydrogen-bond acceptors (Lipinski definition) is 5. The highest BCUT2D eigenvalue weighted by Crippen LogP contribution is 2.31. The average molecular weight is 413 g/mol. The number of nitrogens with one attached hydrogen (secondary N) is 2. The summed E-state index contributed by atoms with van der Waals surface area (Å²) < 4.78 is 16.1. The van der Waals surface area contributed by atoms with Gasteiger partial charge >= 0.3 is 6.03 Å². The number of benzene rings is 1. The van der Waals surface area contributed by atoms with Crippen LogP contribution >= 0.6 is 0 Å². The molecule has 9 nitrogen and oxygen atoms in total. The lowest BCUT2D eigenvalue weighted by molar-refractivity contribution is -0.552. The molecule has 4 unspecified atom stereocenters. The summed E-state index contributed by atoms with van der Waals surface area (Å²) in [5.41, 5.74) is 0.980. The maximum absolute atomic E-state index is 14.6. The minimum atomic E-state index is -1.40. The summed E-state index contributed by atoms with van der Waals surface area (Å²) in [5.74, 6) is -1.09. The third kappa shape index (κ3) is 4.09. The number of rotatable bonds is 4. The standard InChI is InChI=1S/C20H21FN6O3/c1-11(18-15(21)6-13(8-23)9-26(18)2)24-17(28)10-27-19(29)14-5-12(7-22)3-4-16(14)25-20(27)30/h3-5,9,11,13,15,18-19,29H,6,10H2,1-2H3,(H-,24,25,28,30)/p+1/t11-,13?,15?,18?,19?/m0/s1. The van der Waals surface area contributed by atoms with Crippen molar-refractivity contribution in [2.24, 2.45) is 5.92 Å². The van der Waals surface area contributed by atoms with E-state index in [1.807, 2.05) is 12.1 Å². The van der Waals surface area contributed by atoms with E-state index in [1.165, 1.54) is 18.2 Å². The molecule has 0 bridgehead atoms. The largest absolute Gasteiger partial charge is 0.369 e. The zero-order valence-corrected chi connectivity index (χ0v) is 16.5. The van der Waals surface area contributed by atoms with Gasteiger partial charge in [-0.3, -0.25) is 9.69 Å². The number of nitriles is 2. The van der Waals surface area contributed by atoms with Crippen molar-refractivity contribution in [3.63, 3.8) is 0 Å². The number of aliphatic hydroxyl groups excluding tert-OH is 1. The fraction of sp³-hybridized carbons (Fsp3) is 0.450. The molecule has 0 aliphatic carbocycles. The molecule has 2 heterocycles. The zero-order chi connectivity index (χ0) is 22.0. The second-order valence-corrected chi connectivity index (χ2v) is 7.49. The van der Waals surface area contributed by atoms with E-state index in [2.05, 4.69) is 10.6 Å². The Bertz CT molecular complexity index is 982. The van der Waals surface area contributed by atoms with Crippen molar-refractivity contribution in [1.82, 2.24) is 10.2 Å². The molecule has 3 rings (SSSR count). The highest BCUT2D eigenvalue weighted by atomic mass is 19.1. The molecule has 3 amide bonds. The summed E-state index contributed by atoms with van der Waals surface area (Å²) in [6.45, 7) is 1.19. The van der Waals surface area contributed by atoms with Crippen LogP contribution in [0.15, 0.2) is 18.2 Å². The Labute approximate surface area is 173 Å². The molecule has 0 aromatic heterocycles. The van der Waals surface area contributed by atoms with Gasteiger partial charge in [0.2, 0.25) is 11.9 Å². The highest BCUT2D eigenvalue weighted by molar-refractivity contribution is 5.95. The quantitative estimate of drug-likeness (QED) is 0.630. The van der Waals surface area contributed by atoms with Crippen LogP contribution in [0.3, 0.4) is 0 Å². The summed E-state index contributed by atoms with van der Waals surface area (Å²) in [7, 11) is 1.65. The number of aliphatic hydroxyl groups is 1. The first-order valence-corrected chi connectivity index (χ1v) is 9.44. The Morgan fingerprint density at radius 3 is 2.87 bits per heavy atom. The van der Waals surface area contributed by atoms with Gasteiger partial charge in [-0.2, -0.15) is 10.5 Å². The van der Waals surface area contributed by atoms with Crippen molar-refractivity contribution < 1.29 is 23.7 Å². The van der Waals surface area contributed by atoms with Gasteiger partial charge < -0.3 is 15.7 Å².